The van der Waals surface area contributed by atoms with Crippen LogP contribution in [0.2, 0.25) is 0 Å². The molecule has 7 nitrogen and oxygen atoms in total. The molecule has 7 heteroatoms. The standard InChI is InChI=1S/C22H24N6O/c1-26(17-18-7-3-2-4-8-18)22(29)19-15-25-21(16-24-19)28-13-11-27(12-14-28)20-9-5-6-10-23-20/h2-10,15-16H,11-14,17H2,1H3. The lowest BCUT2D eigenvalue weighted by Crippen LogP contribution is -2.47. The summed E-state index contributed by atoms with van der Waals surface area (Å²) < 4.78 is 0. The molecule has 0 spiro atoms. The molecule has 1 amide bonds. The fourth-order valence-corrected chi connectivity index (χ4v) is 3.43. The molecule has 0 radical (unpaired) electrons. The van der Waals surface area contributed by atoms with E-state index in [1.807, 2.05) is 54.7 Å². The summed E-state index contributed by atoms with van der Waals surface area (Å²) in [5, 5.41) is 0. The first-order valence-electron chi connectivity index (χ1n) is 9.73. The van der Waals surface area contributed by atoms with Gasteiger partial charge in [0.2, 0.25) is 0 Å². The molecule has 0 N–H and O–H groups in total. The fraction of sp³-hybridized carbons (Fsp3) is 0.273. The van der Waals surface area contributed by atoms with Crippen molar-refractivity contribution >= 4 is 17.5 Å². The maximum absolute atomic E-state index is 12.6. The van der Waals surface area contributed by atoms with Crippen molar-refractivity contribution in [2.24, 2.45) is 0 Å². The van der Waals surface area contributed by atoms with Crippen molar-refractivity contribution in [2.45, 2.75) is 6.54 Å². The van der Waals surface area contributed by atoms with Crippen LogP contribution in [0.4, 0.5) is 11.6 Å². The predicted molar refractivity (Wildman–Crippen MR) is 113 cm³/mol. The van der Waals surface area contributed by atoms with Crippen molar-refractivity contribution in [1.29, 1.82) is 0 Å². The number of benzene rings is 1. The average molecular weight is 388 g/mol. The van der Waals surface area contributed by atoms with E-state index >= 15 is 0 Å². The van der Waals surface area contributed by atoms with Crippen molar-refractivity contribution in [3.63, 3.8) is 0 Å². The van der Waals surface area contributed by atoms with E-state index in [0.717, 1.165) is 43.4 Å². The first-order chi connectivity index (χ1) is 14.2. The van der Waals surface area contributed by atoms with E-state index in [1.54, 1.807) is 24.3 Å². The van der Waals surface area contributed by atoms with Gasteiger partial charge >= 0.3 is 0 Å². The third-order valence-corrected chi connectivity index (χ3v) is 5.04. The monoisotopic (exact) mass is 388 g/mol. The molecule has 1 saturated heterocycles. The van der Waals surface area contributed by atoms with E-state index in [4.69, 9.17) is 0 Å². The van der Waals surface area contributed by atoms with E-state index in [9.17, 15) is 4.79 Å². The Balaban J connectivity index is 1.35. The third-order valence-electron chi connectivity index (χ3n) is 5.04. The second-order valence-electron chi connectivity index (χ2n) is 7.07. The number of carbonyl (C=O) groups excluding carboxylic acids is 1. The number of hydrogen-bond donors (Lipinski definition) is 0. The van der Waals surface area contributed by atoms with Crippen molar-refractivity contribution in [3.05, 3.63) is 78.4 Å². The Kier molecular flexibility index (Phi) is 5.65. The minimum Gasteiger partial charge on any atom is -0.353 e. The number of hydrogen-bond acceptors (Lipinski definition) is 6. The lowest BCUT2D eigenvalue weighted by molar-refractivity contribution is 0.0779. The minimum atomic E-state index is -0.132. The first-order valence-corrected chi connectivity index (χ1v) is 9.73. The molecule has 148 valence electrons. The van der Waals surface area contributed by atoms with Gasteiger partial charge in [0.1, 0.15) is 17.3 Å². The number of nitrogens with zero attached hydrogens (tertiary/aromatic N) is 6. The van der Waals surface area contributed by atoms with Crippen LogP contribution >= 0.6 is 0 Å². The molecule has 0 atom stereocenters. The van der Waals surface area contributed by atoms with Crippen LogP contribution in [-0.4, -0.2) is 59.0 Å². The van der Waals surface area contributed by atoms with Crippen LogP contribution in [0.3, 0.4) is 0 Å². The number of aromatic nitrogens is 3. The average Bonchev–Trinajstić information content (AvgIpc) is 2.80. The summed E-state index contributed by atoms with van der Waals surface area (Å²) in [6, 6.07) is 15.9. The van der Waals surface area contributed by atoms with Gasteiger partial charge in [-0.1, -0.05) is 36.4 Å². The summed E-state index contributed by atoms with van der Waals surface area (Å²) in [5.41, 5.74) is 1.44. The number of pyridine rings is 1. The summed E-state index contributed by atoms with van der Waals surface area (Å²) in [7, 11) is 1.78. The SMILES string of the molecule is CN(Cc1ccccc1)C(=O)c1cnc(N2CCN(c3ccccn3)CC2)cn1. The second kappa shape index (κ2) is 8.68. The number of carbonyl (C=O) groups is 1. The maximum atomic E-state index is 12.6. The highest BCUT2D eigenvalue weighted by Gasteiger charge is 2.20. The Morgan fingerprint density at radius 2 is 1.55 bits per heavy atom. The molecular weight excluding hydrogens is 364 g/mol. The van der Waals surface area contributed by atoms with Crippen molar-refractivity contribution in [1.82, 2.24) is 19.9 Å². The van der Waals surface area contributed by atoms with Gasteiger partial charge in [-0.05, 0) is 17.7 Å². The van der Waals surface area contributed by atoms with Crippen molar-refractivity contribution in [2.75, 3.05) is 43.0 Å². The molecule has 0 saturated carbocycles. The quantitative estimate of drug-likeness (QED) is 0.669. The van der Waals surface area contributed by atoms with E-state index in [-0.39, 0.29) is 5.91 Å². The molecule has 1 aliphatic heterocycles. The summed E-state index contributed by atoms with van der Waals surface area (Å²) in [5.74, 6) is 1.67. The van der Waals surface area contributed by atoms with Gasteiger partial charge in [0.15, 0.2) is 0 Å². The van der Waals surface area contributed by atoms with Crippen molar-refractivity contribution in [3.8, 4) is 0 Å². The zero-order valence-corrected chi connectivity index (χ0v) is 16.5. The highest BCUT2D eigenvalue weighted by atomic mass is 16.2. The molecule has 0 unspecified atom stereocenters. The first kappa shape index (κ1) is 18.9. The Morgan fingerprint density at radius 1 is 0.862 bits per heavy atom. The van der Waals surface area contributed by atoms with Gasteiger partial charge in [0, 0.05) is 46.0 Å². The zero-order valence-electron chi connectivity index (χ0n) is 16.5. The van der Waals surface area contributed by atoms with Crippen LogP contribution in [0.15, 0.2) is 67.1 Å². The van der Waals surface area contributed by atoms with E-state index in [2.05, 4.69) is 24.8 Å². The van der Waals surface area contributed by atoms with Crippen molar-refractivity contribution < 1.29 is 4.79 Å². The largest absolute Gasteiger partial charge is 0.353 e. The molecule has 1 fully saturated rings. The number of piperazine rings is 1. The minimum absolute atomic E-state index is 0.132. The fourth-order valence-electron chi connectivity index (χ4n) is 3.43. The van der Waals surface area contributed by atoms with Gasteiger partial charge < -0.3 is 14.7 Å². The lowest BCUT2D eigenvalue weighted by Gasteiger charge is -2.35. The van der Waals surface area contributed by atoms with Crippen LogP contribution in [0.1, 0.15) is 16.1 Å². The van der Waals surface area contributed by atoms with Crippen LogP contribution in [-0.2, 0) is 6.54 Å². The molecule has 2 aromatic heterocycles. The molecule has 3 heterocycles. The Morgan fingerprint density at radius 3 is 2.17 bits per heavy atom. The Labute approximate surface area is 170 Å². The summed E-state index contributed by atoms with van der Waals surface area (Å²) in [6.45, 7) is 3.97. The molecule has 0 bridgehead atoms. The number of anilines is 2. The van der Waals surface area contributed by atoms with Crippen LogP contribution in [0.25, 0.3) is 0 Å². The van der Waals surface area contributed by atoms with E-state index in [1.165, 1.54) is 0 Å². The molecule has 29 heavy (non-hydrogen) atoms. The lowest BCUT2D eigenvalue weighted by atomic mass is 10.2. The van der Waals surface area contributed by atoms with Gasteiger partial charge in [0.25, 0.3) is 5.91 Å². The summed E-state index contributed by atoms with van der Waals surface area (Å²) >= 11 is 0. The van der Waals surface area contributed by atoms with E-state index in [0.29, 0.717) is 12.2 Å². The molecule has 1 aromatic carbocycles. The smallest absolute Gasteiger partial charge is 0.274 e. The van der Waals surface area contributed by atoms with Crippen LogP contribution in [0, 0.1) is 0 Å². The highest BCUT2D eigenvalue weighted by Crippen LogP contribution is 2.17. The van der Waals surface area contributed by atoms with Crippen LogP contribution in [0.5, 0.6) is 0 Å². The molecule has 1 aliphatic rings. The second-order valence-corrected chi connectivity index (χ2v) is 7.07. The molecule has 4 rings (SSSR count). The van der Waals surface area contributed by atoms with E-state index < -0.39 is 0 Å². The Hall–Kier alpha value is -3.48. The van der Waals surface area contributed by atoms with Gasteiger partial charge in [0.05, 0.1) is 12.4 Å². The third kappa shape index (κ3) is 4.51. The molecular formula is C22H24N6O. The molecule has 0 aliphatic carbocycles. The van der Waals surface area contributed by atoms with Gasteiger partial charge in [-0.3, -0.25) is 4.79 Å². The summed E-state index contributed by atoms with van der Waals surface area (Å²) in [4.78, 5) is 32.0. The molecule has 3 aromatic rings. The highest BCUT2D eigenvalue weighted by molar-refractivity contribution is 5.91. The van der Waals surface area contributed by atoms with Crippen LogP contribution < -0.4 is 9.80 Å². The topological polar surface area (TPSA) is 65.5 Å². The van der Waals surface area contributed by atoms with Gasteiger partial charge in [-0.2, -0.15) is 0 Å². The maximum Gasteiger partial charge on any atom is 0.274 e. The summed E-state index contributed by atoms with van der Waals surface area (Å²) in [6.07, 6.45) is 5.09. The number of amides is 1. The van der Waals surface area contributed by atoms with Gasteiger partial charge in [-0.15, -0.1) is 0 Å². The predicted octanol–water partition coefficient (Wildman–Crippen LogP) is 2.47. The normalized spacial score (nSPS) is 14.0. The number of rotatable bonds is 5. The zero-order chi connectivity index (χ0) is 20.1. The Bertz CT molecular complexity index is 925. The van der Waals surface area contributed by atoms with Gasteiger partial charge in [-0.25, -0.2) is 15.0 Å².